The fourth-order valence-electron chi connectivity index (χ4n) is 0.901. The fourth-order valence-corrected chi connectivity index (χ4v) is 1.50. The summed E-state index contributed by atoms with van der Waals surface area (Å²) in [5.41, 5.74) is -1.26. The summed E-state index contributed by atoms with van der Waals surface area (Å²) in [6.45, 7) is 0. The predicted octanol–water partition coefficient (Wildman–Crippen LogP) is 3.90. The van der Waals surface area contributed by atoms with Crippen molar-refractivity contribution in [2.24, 2.45) is 0 Å². The standard InChI is InChI=1S/C8H2Br2F4O/c9-3-1-4(11)6(5(12)2-3)7(15)8(10,13)14/h1-2H. The van der Waals surface area contributed by atoms with Crippen LogP contribution >= 0.6 is 31.9 Å². The molecule has 0 radical (unpaired) electrons. The fraction of sp³-hybridized carbons (Fsp3) is 0.125. The van der Waals surface area contributed by atoms with Crippen molar-refractivity contribution in [1.82, 2.24) is 0 Å². The molecule has 0 saturated heterocycles. The van der Waals surface area contributed by atoms with Gasteiger partial charge in [0.2, 0.25) is 5.78 Å². The highest BCUT2D eigenvalue weighted by Gasteiger charge is 2.39. The molecule has 0 heterocycles. The van der Waals surface area contributed by atoms with Crippen molar-refractivity contribution in [3.05, 3.63) is 33.8 Å². The van der Waals surface area contributed by atoms with Gasteiger partial charge in [0.1, 0.15) is 11.6 Å². The van der Waals surface area contributed by atoms with E-state index in [1.54, 1.807) is 15.9 Å². The van der Waals surface area contributed by atoms with Gasteiger partial charge in [0.05, 0.1) is 5.56 Å². The molecule has 0 aliphatic heterocycles. The molecule has 7 heteroatoms. The maximum Gasteiger partial charge on any atom is 0.363 e. The van der Waals surface area contributed by atoms with Gasteiger partial charge in [-0.1, -0.05) is 15.9 Å². The van der Waals surface area contributed by atoms with Gasteiger partial charge < -0.3 is 0 Å². The third kappa shape index (κ3) is 2.78. The minimum atomic E-state index is -3.98. The Morgan fingerprint density at radius 2 is 1.60 bits per heavy atom. The van der Waals surface area contributed by atoms with E-state index in [1.807, 2.05) is 0 Å². The summed E-state index contributed by atoms with van der Waals surface area (Å²) < 4.78 is 51.1. The molecule has 1 aromatic rings. The molecule has 82 valence electrons. The van der Waals surface area contributed by atoms with Crippen molar-refractivity contribution < 1.29 is 22.4 Å². The topological polar surface area (TPSA) is 17.1 Å². The predicted molar refractivity (Wildman–Crippen MR) is 52.3 cm³/mol. The largest absolute Gasteiger partial charge is 0.363 e. The van der Waals surface area contributed by atoms with Crippen LogP contribution in [0.3, 0.4) is 0 Å². The van der Waals surface area contributed by atoms with Gasteiger partial charge in [-0.15, -0.1) is 0 Å². The van der Waals surface area contributed by atoms with E-state index < -0.39 is 27.8 Å². The Bertz CT molecular complexity index is 391. The number of carbonyl (C=O) groups excluding carboxylic acids is 1. The first kappa shape index (κ1) is 12.6. The lowest BCUT2D eigenvalue weighted by Crippen LogP contribution is -2.23. The Morgan fingerprint density at radius 3 is 1.93 bits per heavy atom. The van der Waals surface area contributed by atoms with Crippen molar-refractivity contribution in [1.29, 1.82) is 0 Å². The highest BCUT2D eigenvalue weighted by Crippen LogP contribution is 2.30. The molecule has 0 atom stereocenters. The molecular weight excluding hydrogens is 348 g/mol. The second-order valence-electron chi connectivity index (χ2n) is 2.57. The quantitative estimate of drug-likeness (QED) is 0.449. The lowest BCUT2D eigenvalue weighted by atomic mass is 10.1. The summed E-state index contributed by atoms with van der Waals surface area (Å²) in [4.78, 5) is 6.94. The summed E-state index contributed by atoms with van der Waals surface area (Å²) in [6, 6.07) is 1.46. The first-order valence-electron chi connectivity index (χ1n) is 3.49. The molecule has 0 bridgehead atoms. The number of ketones is 1. The Balaban J connectivity index is 3.33. The molecule has 15 heavy (non-hydrogen) atoms. The SMILES string of the molecule is O=C(c1c(F)cc(Br)cc1F)C(F)(F)Br. The summed E-state index contributed by atoms with van der Waals surface area (Å²) in [7, 11) is 0. The van der Waals surface area contributed by atoms with E-state index in [0.717, 1.165) is 12.1 Å². The molecule has 0 spiro atoms. The van der Waals surface area contributed by atoms with E-state index in [9.17, 15) is 22.4 Å². The number of rotatable bonds is 2. The Morgan fingerprint density at radius 1 is 1.20 bits per heavy atom. The second-order valence-corrected chi connectivity index (χ2v) is 4.48. The van der Waals surface area contributed by atoms with Crippen molar-refractivity contribution in [3.63, 3.8) is 0 Å². The molecule has 0 aliphatic rings. The first-order chi connectivity index (χ1) is 6.73. The number of benzene rings is 1. The zero-order chi connectivity index (χ0) is 11.8. The van der Waals surface area contributed by atoms with E-state index in [2.05, 4.69) is 15.9 Å². The van der Waals surface area contributed by atoms with Crippen LogP contribution in [-0.2, 0) is 0 Å². The van der Waals surface area contributed by atoms with Gasteiger partial charge in [-0.25, -0.2) is 8.78 Å². The minimum absolute atomic E-state index is 0.0203. The third-order valence-corrected chi connectivity index (χ3v) is 2.31. The average molecular weight is 350 g/mol. The van der Waals surface area contributed by atoms with Crippen molar-refractivity contribution >= 4 is 37.6 Å². The molecule has 0 unspecified atom stereocenters. The lowest BCUT2D eigenvalue weighted by molar-refractivity contribution is 0.0583. The highest BCUT2D eigenvalue weighted by molar-refractivity contribution is 9.10. The molecule has 0 aromatic heterocycles. The number of carbonyl (C=O) groups is 1. The summed E-state index contributed by atoms with van der Waals surface area (Å²) in [5, 5.41) is 0. The molecule has 0 N–H and O–H groups in total. The normalized spacial score (nSPS) is 11.6. The number of hydrogen-bond donors (Lipinski definition) is 0. The minimum Gasteiger partial charge on any atom is -0.286 e. The molecule has 1 nitrogen and oxygen atoms in total. The molecule has 1 rings (SSSR count). The zero-order valence-corrected chi connectivity index (χ0v) is 10.0. The van der Waals surface area contributed by atoms with E-state index in [-0.39, 0.29) is 4.47 Å². The number of alkyl halides is 3. The molecular formula is C8H2Br2F4O. The van der Waals surface area contributed by atoms with Gasteiger partial charge >= 0.3 is 4.83 Å². The molecule has 0 aliphatic carbocycles. The van der Waals surface area contributed by atoms with Gasteiger partial charge in [0.25, 0.3) is 0 Å². The van der Waals surface area contributed by atoms with Crippen LogP contribution in [0.25, 0.3) is 0 Å². The van der Waals surface area contributed by atoms with E-state index in [0.29, 0.717) is 0 Å². The van der Waals surface area contributed by atoms with Crippen LogP contribution in [0, 0.1) is 11.6 Å². The molecule has 0 fully saturated rings. The van der Waals surface area contributed by atoms with Crippen LogP contribution < -0.4 is 0 Å². The van der Waals surface area contributed by atoms with Crippen LogP contribution in [0.1, 0.15) is 10.4 Å². The maximum absolute atomic E-state index is 13.0. The van der Waals surface area contributed by atoms with Gasteiger partial charge in [-0.3, -0.25) is 4.79 Å². The molecule has 1 aromatic carbocycles. The molecule has 0 saturated carbocycles. The monoisotopic (exact) mass is 348 g/mol. The second kappa shape index (κ2) is 4.21. The first-order valence-corrected chi connectivity index (χ1v) is 5.08. The van der Waals surface area contributed by atoms with Crippen molar-refractivity contribution in [3.8, 4) is 0 Å². The Labute approximate surface area is 98.7 Å². The van der Waals surface area contributed by atoms with E-state index in [1.165, 1.54) is 0 Å². The summed E-state index contributed by atoms with van der Waals surface area (Å²) >= 11 is 4.50. The van der Waals surface area contributed by atoms with E-state index in [4.69, 9.17) is 0 Å². The van der Waals surface area contributed by atoms with Crippen LogP contribution in [0.4, 0.5) is 17.6 Å². The number of hydrogen-bond acceptors (Lipinski definition) is 1. The van der Waals surface area contributed by atoms with Gasteiger partial charge in [0, 0.05) is 4.47 Å². The lowest BCUT2D eigenvalue weighted by Gasteiger charge is -2.08. The highest BCUT2D eigenvalue weighted by atomic mass is 79.9. The number of Topliss-reactive ketones (excluding diaryl/α,β-unsaturated/α-hetero) is 1. The maximum atomic E-state index is 13.0. The summed E-state index contributed by atoms with van der Waals surface area (Å²) in [5.74, 6) is -4.64. The van der Waals surface area contributed by atoms with Crippen LogP contribution in [-0.4, -0.2) is 10.6 Å². The van der Waals surface area contributed by atoms with Crippen LogP contribution in [0.2, 0.25) is 0 Å². The smallest absolute Gasteiger partial charge is 0.286 e. The summed E-state index contributed by atoms with van der Waals surface area (Å²) in [6.07, 6.45) is 0. The van der Waals surface area contributed by atoms with Crippen molar-refractivity contribution in [2.45, 2.75) is 4.83 Å². The Kier molecular flexibility index (Phi) is 3.55. The average Bonchev–Trinajstić information content (AvgIpc) is 1.99. The van der Waals surface area contributed by atoms with Gasteiger partial charge in [-0.05, 0) is 28.1 Å². The Hall–Kier alpha value is -0.430. The van der Waals surface area contributed by atoms with Crippen LogP contribution in [0.15, 0.2) is 16.6 Å². The van der Waals surface area contributed by atoms with E-state index >= 15 is 0 Å². The zero-order valence-electron chi connectivity index (χ0n) is 6.83. The van der Waals surface area contributed by atoms with Gasteiger partial charge in [-0.2, -0.15) is 8.78 Å². The number of halogens is 6. The van der Waals surface area contributed by atoms with Crippen LogP contribution in [0.5, 0.6) is 0 Å². The van der Waals surface area contributed by atoms with Crippen molar-refractivity contribution in [2.75, 3.05) is 0 Å². The third-order valence-electron chi connectivity index (χ3n) is 1.49. The molecule has 0 amide bonds. The van der Waals surface area contributed by atoms with Gasteiger partial charge in [0.15, 0.2) is 0 Å².